The first-order chi connectivity index (χ1) is 26.4. The van der Waals surface area contributed by atoms with Gasteiger partial charge in [-0.1, -0.05) is 140 Å². The van der Waals surface area contributed by atoms with E-state index in [1.807, 2.05) is 0 Å². The Hall–Kier alpha value is -1.85. The van der Waals surface area contributed by atoms with Crippen LogP contribution in [-0.2, 0) is 23.7 Å². The molecule has 0 aromatic carbocycles. The Morgan fingerprint density at radius 3 is 1.72 bits per heavy atom. The number of ether oxygens (including phenoxy) is 4. The van der Waals surface area contributed by atoms with Gasteiger partial charge in [-0.25, -0.2) is 0 Å². The minimum Gasteiger partial charge on any atom is -0.457 e. The summed E-state index contributed by atoms with van der Waals surface area (Å²) in [6, 6.07) is 0. The molecule has 0 saturated carbocycles. The number of unbranched alkanes of at least 4 members (excludes halogenated alkanes) is 17. The Kier molecular flexibility index (Phi) is 34.2. The van der Waals surface area contributed by atoms with Crippen LogP contribution in [0.2, 0.25) is 0 Å². The van der Waals surface area contributed by atoms with E-state index in [9.17, 15) is 25.2 Å². The smallest absolute Gasteiger partial charge is 0.306 e. The highest BCUT2D eigenvalue weighted by atomic mass is 16.7. The molecular formula is C45H80O9. The highest BCUT2D eigenvalue weighted by Crippen LogP contribution is 2.22. The van der Waals surface area contributed by atoms with Gasteiger partial charge in [0.15, 0.2) is 6.29 Å². The number of aliphatic hydroxyl groups is 4. The standard InChI is InChI=1S/C45H80O9/c1-3-5-7-9-11-13-15-17-19-20-21-22-24-26-28-30-32-34-41(47)53-39(38-52-45-44(50)43(49)42(48)40(36-46)54-45)37-51-35-33-31-29-27-25-23-18-16-14-12-10-8-6-4-2/h5,7,11,13-14,16-17,19,39-40,42-46,48-50H,3-4,6,8-10,12,15,18,20-38H2,1-2H3/b7-5-,13-11-,16-14-,19-17-. The molecule has 9 nitrogen and oxygen atoms in total. The molecule has 6 atom stereocenters. The summed E-state index contributed by atoms with van der Waals surface area (Å²) in [5, 5.41) is 40.1. The molecule has 1 saturated heterocycles. The molecule has 0 radical (unpaired) electrons. The Bertz CT molecular complexity index is 963. The number of hydrogen-bond donors (Lipinski definition) is 4. The van der Waals surface area contributed by atoms with Crippen molar-refractivity contribution in [2.24, 2.45) is 0 Å². The van der Waals surface area contributed by atoms with Gasteiger partial charge in [-0.3, -0.25) is 4.79 Å². The van der Waals surface area contributed by atoms with Crippen LogP contribution in [0.4, 0.5) is 0 Å². The van der Waals surface area contributed by atoms with E-state index in [2.05, 4.69) is 62.5 Å². The zero-order valence-corrected chi connectivity index (χ0v) is 34.2. The van der Waals surface area contributed by atoms with E-state index in [0.29, 0.717) is 13.0 Å². The fourth-order valence-electron chi connectivity index (χ4n) is 6.32. The number of carbonyl (C=O) groups excluding carboxylic acids is 1. The minimum atomic E-state index is -1.54. The molecule has 1 aliphatic heterocycles. The molecule has 1 rings (SSSR count). The van der Waals surface area contributed by atoms with Gasteiger partial charge in [0, 0.05) is 13.0 Å². The summed E-state index contributed by atoms with van der Waals surface area (Å²) in [5.74, 6) is -0.327. The molecule has 6 unspecified atom stereocenters. The number of aliphatic hydroxyl groups excluding tert-OH is 4. The lowest BCUT2D eigenvalue weighted by molar-refractivity contribution is -0.305. The van der Waals surface area contributed by atoms with Crippen LogP contribution in [0.3, 0.4) is 0 Å². The lowest BCUT2D eigenvalue weighted by atomic mass is 9.99. The van der Waals surface area contributed by atoms with Crippen LogP contribution in [-0.4, -0.2) is 89.6 Å². The third-order valence-corrected chi connectivity index (χ3v) is 9.73. The summed E-state index contributed by atoms with van der Waals surface area (Å²) in [7, 11) is 0. The highest BCUT2D eigenvalue weighted by molar-refractivity contribution is 5.69. The van der Waals surface area contributed by atoms with Crippen molar-refractivity contribution >= 4 is 5.97 Å². The minimum absolute atomic E-state index is 0.121. The van der Waals surface area contributed by atoms with Crippen molar-refractivity contribution in [3.05, 3.63) is 48.6 Å². The maximum atomic E-state index is 12.8. The van der Waals surface area contributed by atoms with Crippen molar-refractivity contribution in [2.75, 3.05) is 26.4 Å². The number of carbonyl (C=O) groups is 1. The van der Waals surface area contributed by atoms with Crippen molar-refractivity contribution in [2.45, 2.75) is 205 Å². The van der Waals surface area contributed by atoms with E-state index in [4.69, 9.17) is 18.9 Å². The van der Waals surface area contributed by atoms with Crippen LogP contribution in [0.1, 0.15) is 168 Å². The van der Waals surface area contributed by atoms with E-state index < -0.39 is 43.4 Å². The van der Waals surface area contributed by atoms with Gasteiger partial charge in [-0.05, 0) is 70.6 Å². The lowest BCUT2D eigenvalue weighted by Crippen LogP contribution is -2.59. The maximum Gasteiger partial charge on any atom is 0.306 e. The normalized spacial score (nSPS) is 21.3. The summed E-state index contributed by atoms with van der Waals surface area (Å²) in [5.41, 5.74) is 0. The topological polar surface area (TPSA) is 135 Å². The van der Waals surface area contributed by atoms with E-state index in [0.717, 1.165) is 77.0 Å². The summed E-state index contributed by atoms with van der Waals surface area (Å²) in [6.07, 6.45) is 37.0. The van der Waals surface area contributed by atoms with Crippen molar-refractivity contribution < 1.29 is 44.2 Å². The van der Waals surface area contributed by atoms with Crippen molar-refractivity contribution in [3.63, 3.8) is 0 Å². The first kappa shape index (κ1) is 50.2. The molecule has 0 amide bonds. The molecule has 0 aromatic heterocycles. The fourth-order valence-corrected chi connectivity index (χ4v) is 6.32. The Balaban J connectivity index is 2.29. The van der Waals surface area contributed by atoms with Crippen LogP contribution >= 0.6 is 0 Å². The molecule has 0 bridgehead atoms. The van der Waals surface area contributed by atoms with Gasteiger partial charge < -0.3 is 39.4 Å². The zero-order valence-electron chi connectivity index (χ0n) is 34.2. The average Bonchev–Trinajstić information content (AvgIpc) is 3.17. The van der Waals surface area contributed by atoms with Gasteiger partial charge in [0.2, 0.25) is 0 Å². The Morgan fingerprint density at radius 1 is 0.611 bits per heavy atom. The average molecular weight is 765 g/mol. The number of allylic oxidation sites excluding steroid dienone is 8. The second kappa shape index (κ2) is 36.8. The fraction of sp³-hybridized carbons (Fsp3) is 0.800. The zero-order chi connectivity index (χ0) is 39.3. The van der Waals surface area contributed by atoms with E-state index in [1.165, 1.54) is 70.6 Å². The lowest BCUT2D eigenvalue weighted by Gasteiger charge is -2.39. The van der Waals surface area contributed by atoms with Crippen LogP contribution in [0.5, 0.6) is 0 Å². The Labute approximate surface area is 329 Å². The molecule has 0 aromatic rings. The first-order valence-corrected chi connectivity index (χ1v) is 21.7. The molecule has 1 aliphatic rings. The van der Waals surface area contributed by atoms with E-state index in [-0.39, 0.29) is 19.2 Å². The summed E-state index contributed by atoms with van der Waals surface area (Å²) in [4.78, 5) is 12.8. The van der Waals surface area contributed by atoms with Gasteiger partial charge >= 0.3 is 5.97 Å². The molecule has 54 heavy (non-hydrogen) atoms. The van der Waals surface area contributed by atoms with Gasteiger partial charge in [-0.15, -0.1) is 0 Å². The monoisotopic (exact) mass is 765 g/mol. The Morgan fingerprint density at radius 2 is 1.13 bits per heavy atom. The molecule has 4 N–H and O–H groups in total. The van der Waals surface area contributed by atoms with Crippen molar-refractivity contribution in [1.82, 2.24) is 0 Å². The highest BCUT2D eigenvalue weighted by Gasteiger charge is 2.44. The van der Waals surface area contributed by atoms with Crippen molar-refractivity contribution in [1.29, 1.82) is 0 Å². The van der Waals surface area contributed by atoms with Gasteiger partial charge in [0.25, 0.3) is 0 Å². The van der Waals surface area contributed by atoms with Crippen LogP contribution in [0.15, 0.2) is 48.6 Å². The number of hydrogen-bond acceptors (Lipinski definition) is 9. The van der Waals surface area contributed by atoms with Gasteiger partial charge in [-0.2, -0.15) is 0 Å². The van der Waals surface area contributed by atoms with Crippen LogP contribution in [0.25, 0.3) is 0 Å². The van der Waals surface area contributed by atoms with E-state index in [1.54, 1.807) is 0 Å². The van der Waals surface area contributed by atoms with Crippen LogP contribution in [0, 0.1) is 0 Å². The summed E-state index contributed by atoms with van der Waals surface area (Å²) in [6.45, 7) is 4.40. The van der Waals surface area contributed by atoms with Crippen LogP contribution < -0.4 is 0 Å². The number of rotatable bonds is 36. The van der Waals surface area contributed by atoms with Gasteiger partial charge in [0.05, 0.1) is 19.8 Å². The molecule has 0 aliphatic carbocycles. The molecule has 1 fully saturated rings. The first-order valence-electron chi connectivity index (χ1n) is 21.7. The molecule has 9 heteroatoms. The third kappa shape index (κ3) is 27.7. The largest absolute Gasteiger partial charge is 0.457 e. The molecule has 0 spiro atoms. The molecule has 314 valence electrons. The number of esters is 1. The molecule has 1 heterocycles. The third-order valence-electron chi connectivity index (χ3n) is 9.73. The summed E-state index contributed by atoms with van der Waals surface area (Å²) >= 11 is 0. The second-order valence-electron chi connectivity index (χ2n) is 14.8. The van der Waals surface area contributed by atoms with E-state index >= 15 is 0 Å². The van der Waals surface area contributed by atoms with Gasteiger partial charge in [0.1, 0.15) is 30.5 Å². The predicted octanol–water partition coefficient (Wildman–Crippen LogP) is 9.36. The molecular weight excluding hydrogens is 684 g/mol. The predicted molar refractivity (Wildman–Crippen MR) is 219 cm³/mol. The van der Waals surface area contributed by atoms with Crippen molar-refractivity contribution in [3.8, 4) is 0 Å². The SMILES string of the molecule is CC/C=C\C/C=C\C/C=C\CCCCCCCCCC(=O)OC(COCCCCCCCC/C=C\CCCCCC)COC1OC(CO)C(O)C(O)C1O. The summed E-state index contributed by atoms with van der Waals surface area (Å²) < 4.78 is 22.8. The second-order valence-corrected chi connectivity index (χ2v) is 14.8. The quantitative estimate of drug-likeness (QED) is 0.0280. The maximum absolute atomic E-state index is 12.8.